The van der Waals surface area contributed by atoms with Gasteiger partial charge in [-0.05, 0) is 30.3 Å². The van der Waals surface area contributed by atoms with E-state index in [4.69, 9.17) is 16.7 Å². The zero-order chi connectivity index (χ0) is 21.3. The molecule has 3 aromatic heterocycles. The van der Waals surface area contributed by atoms with Gasteiger partial charge >= 0.3 is 0 Å². The van der Waals surface area contributed by atoms with Crippen LogP contribution >= 0.6 is 22.9 Å². The van der Waals surface area contributed by atoms with Gasteiger partial charge in [-0.25, -0.2) is 9.37 Å². The number of aliphatic hydroxyl groups excluding tert-OH is 2. The molecule has 7 nitrogen and oxygen atoms in total. The maximum absolute atomic E-state index is 13.3. The Morgan fingerprint density at radius 1 is 1.20 bits per heavy atom. The van der Waals surface area contributed by atoms with Gasteiger partial charge in [0.1, 0.15) is 17.6 Å². The lowest BCUT2D eigenvalue weighted by atomic mass is 10.1. The van der Waals surface area contributed by atoms with Gasteiger partial charge in [0.15, 0.2) is 5.13 Å². The third-order valence-electron chi connectivity index (χ3n) is 4.26. The fraction of sp³-hybridized carbons (Fsp3) is 0.100. The van der Waals surface area contributed by atoms with E-state index in [0.29, 0.717) is 33.2 Å². The molecule has 1 aromatic carbocycles. The first kappa shape index (κ1) is 20.3. The number of nitrogens with zero attached hydrogens (tertiary/aromatic N) is 3. The molecule has 10 heteroatoms. The van der Waals surface area contributed by atoms with Gasteiger partial charge in [-0.2, -0.15) is 0 Å². The Morgan fingerprint density at radius 3 is 2.73 bits per heavy atom. The van der Waals surface area contributed by atoms with Crippen molar-refractivity contribution in [1.29, 1.82) is 0 Å². The van der Waals surface area contributed by atoms with Gasteiger partial charge < -0.3 is 10.2 Å². The smallest absolute Gasteiger partial charge is 0.259 e. The first-order chi connectivity index (χ1) is 14.4. The van der Waals surface area contributed by atoms with Gasteiger partial charge in [0.05, 0.1) is 33.1 Å². The molecule has 0 saturated carbocycles. The lowest BCUT2D eigenvalue weighted by Crippen LogP contribution is -2.12. The number of aromatic nitrogens is 3. The zero-order valence-electron chi connectivity index (χ0n) is 15.2. The molecule has 1 amide bonds. The van der Waals surface area contributed by atoms with E-state index in [-0.39, 0.29) is 5.02 Å². The van der Waals surface area contributed by atoms with Gasteiger partial charge in [0, 0.05) is 24.0 Å². The molecule has 0 aliphatic heterocycles. The zero-order valence-corrected chi connectivity index (χ0v) is 16.8. The van der Waals surface area contributed by atoms with Crippen LogP contribution in [0.1, 0.15) is 22.0 Å². The third kappa shape index (κ3) is 4.14. The summed E-state index contributed by atoms with van der Waals surface area (Å²) < 4.78 is 14.1. The van der Waals surface area contributed by atoms with Crippen LogP contribution in [0.4, 0.5) is 9.52 Å². The second kappa shape index (κ2) is 8.41. The minimum absolute atomic E-state index is 0.256. The van der Waals surface area contributed by atoms with E-state index >= 15 is 0 Å². The molecular weight excluding hydrogens is 431 g/mol. The highest BCUT2D eigenvalue weighted by Crippen LogP contribution is 2.28. The maximum Gasteiger partial charge on any atom is 0.259 e. The number of carbonyl (C=O) groups is 1. The molecule has 30 heavy (non-hydrogen) atoms. The molecule has 4 rings (SSSR count). The monoisotopic (exact) mass is 444 g/mol. The number of fused-ring (bicyclic) bond motifs is 1. The second-order valence-electron chi connectivity index (χ2n) is 6.31. The molecule has 152 valence electrons. The normalized spacial score (nSPS) is 12.1. The van der Waals surface area contributed by atoms with Gasteiger partial charge in [-0.3, -0.25) is 20.1 Å². The van der Waals surface area contributed by atoms with Crippen LogP contribution in [0.3, 0.4) is 0 Å². The first-order valence-corrected chi connectivity index (χ1v) is 9.92. The molecule has 1 atom stereocenters. The average Bonchev–Trinajstić information content (AvgIpc) is 3.14. The Morgan fingerprint density at radius 2 is 2.03 bits per heavy atom. The Labute approximate surface area is 178 Å². The Kier molecular flexibility index (Phi) is 5.69. The van der Waals surface area contributed by atoms with Gasteiger partial charge in [-0.15, -0.1) is 0 Å². The van der Waals surface area contributed by atoms with Crippen molar-refractivity contribution in [2.24, 2.45) is 0 Å². The number of nitrogens with one attached hydrogen (secondary N) is 1. The summed E-state index contributed by atoms with van der Waals surface area (Å²) in [6.45, 7) is -0.441. The topological polar surface area (TPSA) is 108 Å². The predicted octanol–water partition coefficient (Wildman–Crippen LogP) is 3.82. The van der Waals surface area contributed by atoms with E-state index in [0.717, 1.165) is 4.70 Å². The fourth-order valence-corrected chi connectivity index (χ4v) is 3.83. The number of aliphatic hydroxyl groups is 2. The summed E-state index contributed by atoms with van der Waals surface area (Å²) in [7, 11) is 0. The summed E-state index contributed by atoms with van der Waals surface area (Å²) in [6.07, 6.45) is 1.72. The van der Waals surface area contributed by atoms with Crippen molar-refractivity contribution in [2.45, 2.75) is 6.10 Å². The molecule has 3 N–H and O–H groups in total. The highest BCUT2D eigenvalue weighted by atomic mass is 35.5. The van der Waals surface area contributed by atoms with Crippen molar-refractivity contribution in [3.05, 3.63) is 70.8 Å². The predicted molar refractivity (Wildman–Crippen MR) is 112 cm³/mol. The Balaban J connectivity index is 1.52. The van der Waals surface area contributed by atoms with E-state index < -0.39 is 24.4 Å². The van der Waals surface area contributed by atoms with Crippen molar-refractivity contribution in [3.8, 4) is 11.4 Å². The van der Waals surface area contributed by atoms with Gasteiger partial charge in [0.2, 0.25) is 0 Å². The van der Waals surface area contributed by atoms with Crippen molar-refractivity contribution >= 4 is 44.2 Å². The fourth-order valence-electron chi connectivity index (χ4n) is 2.72. The highest BCUT2D eigenvalue weighted by Gasteiger charge is 2.14. The molecule has 0 aliphatic carbocycles. The van der Waals surface area contributed by atoms with Crippen LogP contribution in [0.15, 0.2) is 48.8 Å². The van der Waals surface area contributed by atoms with Crippen molar-refractivity contribution in [1.82, 2.24) is 15.0 Å². The number of anilines is 1. The summed E-state index contributed by atoms with van der Waals surface area (Å²) in [5.74, 6) is -0.800. The summed E-state index contributed by atoms with van der Waals surface area (Å²) >= 11 is 7.46. The quantitative estimate of drug-likeness (QED) is 0.432. The standard InChI is InChI=1S/C20H14ClFN4O3S/c21-13-5-11(16(28)9-27)8-24-18(13)14-3-1-10(7-23-14)19(29)26-20-25-15-6-12(22)2-4-17(15)30-20/h1-8,16,27-28H,9H2,(H,25,26,29). The lowest BCUT2D eigenvalue weighted by Gasteiger charge is -2.10. The SMILES string of the molecule is O=C(Nc1nc2cc(F)ccc2s1)c1ccc(-c2ncc(C(O)CO)cc2Cl)nc1. The van der Waals surface area contributed by atoms with Crippen LogP contribution in [0, 0.1) is 5.82 Å². The number of hydrogen-bond acceptors (Lipinski definition) is 7. The molecular formula is C20H14ClFN4O3S. The number of amides is 1. The number of hydrogen-bond donors (Lipinski definition) is 3. The molecule has 1 unspecified atom stereocenters. The molecule has 3 heterocycles. The highest BCUT2D eigenvalue weighted by molar-refractivity contribution is 7.22. The first-order valence-electron chi connectivity index (χ1n) is 8.73. The van der Waals surface area contributed by atoms with Crippen molar-refractivity contribution in [2.75, 3.05) is 11.9 Å². The van der Waals surface area contributed by atoms with Crippen molar-refractivity contribution in [3.63, 3.8) is 0 Å². The van der Waals surface area contributed by atoms with E-state index in [2.05, 4.69) is 20.3 Å². The average molecular weight is 445 g/mol. The Hall–Kier alpha value is -2.98. The van der Waals surface area contributed by atoms with E-state index in [9.17, 15) is 14.3 Å². The number of rotatable bonds is 5. The third-order valence-corrected chi connectivity index (χ3v) is 5.50. The van der Waals surface area contributed by atoms with Crippen LogP contribution in [0.25, 0.3) is 21.6 Å². The van der Waals surface area contributed by atoms with Gasteiger partial charge in [0.25, 0.3) is 5.91 Å². The van der Waals surface area contributed by atoms with Crippen LogP contribution in [0.2, 0.25) is 5.02 Å². The molecule has 0 radical (unpaired) electrons. The summed E-state index contributed by atoms with van der Waals surface area (Å²) in [4.78, 5) is 25.1. The lowest BCUT2D eigenvalue weighted by molar-refractivity contribution is 0.0953. The number of halogens is 2. The molecule has 0 aliphatic rings. The summed E-state index contributed by atoms with van der Waals surface area (Å²) in [5.41, 5.74) is 1.98. The maximum atomic E-state index is 13.3. The van der Waals surface area contributed by atoms with Crippen LogP contribution < -0.4 is 5.32 Å². The number of carbonyl (C=O) groups excluding carboxylic acids is 1. The minimum atomic E-state index is -1.07. The van der Waals surface area contributed by atoms with E-state index in [1.807, 2.05) is 0 Å². The second-order valence-corrected chi connectivity index (χ2v) is 7.75. The van der Waals surface area contributed by atoms with Crippen LogP contribution in [-0.4, -0.2) is 37.7 Å². The van der Waals surface area contributed by atoms with Crippen molar-refractivity contribution < 1.29 is 19.4 Å². The molecule has 0 bridgehead atoms. The summed E-state index contributed by atoms with van der Waals surface area (Å²) in [6, 6.07) is 8.92. The number of benzene rings is 1. The molecule has 0 saturated heterocycles. The largest absolute Gasteiger partial charge is 0.393 e. The molecule has 0 spiro atoms. The Bertz CT molecular complexity index is 1230. The summed E-state index contributed by atoms with van der Waals surface area (Å²) in [5, 5.41) is 22.0. The van der Waals surface area contributed by atoms with Gasteiger partial charge in [-0.1, -0.05) is 22.9 Å². The van der Waals surface area contributed by atoms with E-state index in [1.54, 1.807) is 18.2 Å². The molecule has 4 aromatic rings. The van der Waals surface area contributed by atoms with E-state index in [1.165, 1.54) is 41.9 Å². The number of pyridine rings is 2. The van der Waals surface area contributed by atoms with Crippen LogP contribution in [0.5, 0.6) is 0 Å². The van der Waals surface area contributed by atoms with Crippen LogP contribution in [-0.2, 0) is 0 Å². The molecule has 0 fully saturated rings. The minimum Gasteiger partial charge on any atom is -0.393 e. The number of thiazole rings is 1.